The molecule has 0 atom stereocenters. The molecular formula is C29H35F2N7O6S. The molecule has 3 aromatic rings. The molecule has 7 rings (SSSR count). The second-order valence-electron chi connectivity index (χ2n) is 12.0. The maximum Gasteiger partial charge on any atom is 0.586 e. The Morgan fingerprint density at radius 2 is 1.73 bits per heavy atom. The van der Waals surface area contributed by atoms with E-state index in [1.807, 2.05) is 0 Å². The molecule has 0 bridgehead atoms. The Balaban J connectivity index is 1.33. The number of morpholine rings is 1. The zero-order valence-electron chi connectivity index (χ0n) is 25.0. The lowest BCUT2D eigenvalue weighted by atomic mass is 9.82. The van der Waals surface area contributed by atoms with Crippen molar-refractivity contribution in [2.45, 2.75) is 50.4 Å². The third kappa shape index (κ3) is 5.68. The molecule has 2 saturated heterocycles. The zero-order valence-corrected chi connectivity index (χ0v) is 25.9. The van der Waals surface area contributed by atoms with Crippen molar-refractivity contribution in [2.75, 3.05) is 58.4 Å². The topological polar surface area (TPSA) is 131 Å². The molecule has 1 N–H and O–H groups in total. The standard InChI is InChI=1S/C29H35F2N7O6S/c1-35(2)45(40,41)34-28(39)21-17-22(37-10-8-19(9-11-37)36-12-14-42-15-13-36)25-26(18-4-3-5-18)33-38(27(25)32-21)20-6-7-23-24(16-20)44-29(30,31)43-23/h6-7,16-19H,3-5,8-15H2,1-2H3,(H,34,39). The van der Waals surface area contributed by atoms with E-state index in [9.17, 15) is 22.0 Å². The van der Waals surface area contributed by atoms with Crippen molar-refractivity contribution in [3.05, 3.63) is 35.7 Å². The minimum atomic E-state index is -4.10. The molecule has 242 valence electrons. The highest BCUT2D eigenvalue weighted by Crippen LogP contribution is 2.45. The number of nitrogens with one attached hydrogen (secondary N) is 1. The summed E-state index contributed by atoms with van der Waals surface area (Å²) in [6, 6.07) is 6.40. The van der Waals surface area contributed by atoms with Crippen LogP contribution in [0.3, 0.4) is 0 Å². The number of alkyl halides is 2. The molecule has 45 heavy (non-hydrogen) atoms. The lowest BCUT2D eigenvalue weighted by Gasteiger charge is -2.41. The summed E-state index contributed by atoms with van der Waals surface area (Å²) in [4.78, 5) is 22.8. The van der Waals surface area contributed by atoms with E-state index in [0.717, 1.165) is 79.5 Å². The van der Waals surface area contributed by atoms with Crippen molar-refractivity contribution >= 4 is 32.8 Å². The number of nitrogens with zero attached hydrogens (tertiary/aromatic N) is 6. The predicted molar refractivity (Wildman–Crippen MR) is 159 cm³/mol. The first kappa shape index (κ1) is 30.1. The molecule has 1 saturated carbocycles. The number of ether oxygens (including phenoxy) is 3. The van der Waals surface area contributed by atoms with Crippen molar-refractivity contribution in [2.24, 2.45) is 0 Å². The third-order valence-electron chi connectivity index (χ3n) is 9.07. The SMILES string of the molecule is CN(C)S(=O)(=O)NC(=O)c1cc(N2CCC(N3CCOCC3)CC2)c2c(C3CCC3)nn(-c3ccc4c(c3)OC(F)(F)O4)c2n1. The van der Waals surface area contributed by atoms with Crippen LogP contribution in [0.25, 0.3) is 16.7 Å². The first-order valence-electron chi connectivity index (χ1n) is 15.1. The van der Waals surface area contributed by atoms with Crippen molar-refractivity contribution in [3.8, 4) is 17.2 Å². The molecule has 5 heterocycles. The normalized spacial score (nSPS) is 21.0. The second-order valence-corrected chi connectivity index (χ2v) is 13.9. The van der Waals surface area contributed by atoms with E-state index < -0.39 is 22.4 Å². The minimum absolute atomic E-state index is 0.105. The van der Waals surface area contributed by atoms with E-state index >= 15 is 0 Å². The highest BCUT2D eigenvalue weighted by atomic mass is 32.2. The van der Waals surface area contributed by atoms with Gasteiger partial charge in [0.1, 0.15) is 5.69 Å². The number of hydrogen-bond donors (Lipinski definition) is 1. The van der Waals surface area contributed by atoms with Crippen LogP contribution >= 0.6 is 0 Å². The third-order valence-corrected chi connectivity index (χ3v) is 10.5. The fourth-order valence-corrected chi connectivity index (χ4v) is 6.90. The van der Waals surface area contributed by atoms with E-state index in [2.05, 4.69) is 24.2 Å². The summed E-state index contributed by atoms with van der Waals surface area (Å²) in [5.74, 6) is -0.987. The van der Waals surface area contributed by atoms with Crippen LogP contribution in [-0.2, 0) is 14.9 Å². The number of carbonyl (C=O) groups is 1. The smallest absolute Gasteiger partial charge is 0.395 e. The van der Waals surface area contributed by atoms with E-state index in [4.69, 9.17) is 14.6 Å². The Labute approximate surface area is 259 Å². The quantitative estimate of drug-likeness (QED) is 0.409. The van der Waals surface area contributed by atoms with Crippen LogP contribution in [0, 0.1) is 0 Å². The van der Waals surface area contributed by atoms with Gasteiger partial charge < -0.3 is 19.1 Å². The van der Waals surface area contributed by atoms with Gasteiger partial charge >= 0.3 is 16.5 Å². The first-order valence-corrected chi connectivity index (χ1v) is 16.6. The molecule has 1 aromatic carbocycles. The van der Waals surface area contributed by atoms with Crippen LogP contribution in [0.2, 0.25) is 0 Å². The number of carbonyl (C=O) groups excluding carboxylic acids is 1. The van der Waals surface area contributed by atoms with Gasteiger partial charge in [-0.25, -0.2) is 14.4 Å². The van der Waals surface area contributed by atoms with Gasteiger partial charge in [0.05, 0.1) is 35.7 Å². The first-order chi connectivity index (χ1) is 21.5. The van der Waals surface area contributed by atoms with Gasteiger partial charge in [-0.1, -0.05) is 6.42 Å². The highest BCUT2D eigenvalue weighted by Gasteiger charge is 2.43. The lowest BCUT2D eigenvalue weighted by molar-refractivity contribution is -0.286. The molecule has 0 radical (unpaired) electrons. The predicted octanol–water partition coefficient (Wildman–Crippen LogP) is 2.85. The molecule has 1 amide bonds. The highest BCUT2D eigenvalue weighted by molar-refractivity contribution is 7.87. The molecule has 4 aliphatic rings. The Hall–Kier alpha value is -3.60. The molecule has 3 fully saturated rings. The molecular weight excluding hydrogens is 612 g/mol. The van der Waals surface area contributed by atoms with E-state index in [1.54, 1.807) is 12.1 Å². The maximum absolute atomic E-state index is 13.8. The summed E-state index contributed by atoms with van der Waals surface area (Å²) in [5, 5.41) is 5.72. The molecule has 1 aliphatic carbocycles. The van der Waals surface area contributed by atoms with Crippen LogP contribution in [-0.4, -0.2) is 104 Å². The summed E-state index contributed by atoms with van der Waals surface area (Å²) >= 11 is 0. The van der Waals surface area contributed by atoms with Gasteiger partial charge in [-0.05, 0) is 43.9 Å². The number of fused-ring (bicyclic) bond motifs is 2. The van der Waals surface area contributed by atoms with Crippen LogP contribution in [0.15, 0.2) is 24.3 Å². The Morgan fingerprint density at radius 1 is 1.02 bits per heavy atom. The number of hydrogen-bond acceptors (Lipinski definition) is 10. The fraction of sp³-hybridized carbons (Fsp3) is 0.552. The van der Waals surface area contributed by atoms with Crippen LogP contribution < -0.4 is 19.1 Å². The summed E-state index contributed by atoms with van der Waals surface area (Å²) in [6.45, 7) is 4.67. The van der Waals surface area contributed by atoms with Gasteiger partial charge in [-0.2, -0.15) is 17.8 Å². The summed E-state index contributed by atoms with van der Waals surface area (Å²) in [7, 11) is -1.46. The number of rotatable bonds is 7. The van der Waals surface area contributed by atoms with Crippen molar-refractivity contribution in [3.63, 3.8) is 0 Å². The molecule has 0 unspecified atom stereocenters. The Kier molecular flexibility index (Phi) is 7.57. The maximum atomic E-state index is 13.8. The van der Waals surface area contributed by atoms with Gasteiger partial charge in [0.25, 0.3) is 5.91 Å². The average Bonchev–Trinajstić information content (AvgIpc) is 3.51. The number of aromatic nitrogens is 3. The number of amides is 1. The van der Waals surface area contributed by atoms with Gasteiger partial charge in [-0.3, -0.25) is 9.69 Å². The van der Waals surface area contributed by atoms with Crippen LogP contribution in [0.1, 0.15) is 54.2 Å². The molecule has 3 aliphatic heterocycles. The van der Waals surface area contributed by atoms with Gasteiger partial charge in [0.2, 0.25) is 0 Å². The Bertz CT molecular complexity index is 1730. The minimum Gasteiger partial charge on any atom is -0.395 e. The van der Waals surface area contributed by atoms with Gasteiger partial charge in [0.15, 0.2) is 17.1 Å². The van der Waals surface area contributed by atoms with Crippen molar-refractivity contribution < 1.29 is 36.2 Å². The van der Waals surface area contributed by atoms with Gasteiger partial charge in [0, 0.05) is 58.3 Å². The number of anilines is 1. The number of piperidine rings is 1. The Morgan fingerprint density at radius 3 is 2.40 bits per heavy atom. The van der Waals surface area contributed by atoms with Gasteiger partial charge in [-0.15, -0.1) is 8.78 Å². The molecule has 0 spiro atoms. The number of benzene rings is 1. The fourth-order valence-electron chi connectivity index (χ4n) is 6.38. The van der Waals surface area contributed by atoms with Crippen LogP contribution in [0.5, 0.6) is 11.5 Å². The van der Waals surface area contributed by atoms with E-state index in [0.29, 0.717) is 30.5 Å². The monoisotopic (exact) mass is 647 g/mol. The summed E-state index contributed by atoms with van der Waals surface area (Å²) in [5.41, 5.74) is 2.15. The zero-order chi connectivity index (χ0) is 31.5. The largest absolute Gasteiger partial charge is 0.586 e. The van der Waals surface area contributed by atoms with E-state index in [1.165, 1.54) is 30.9 Å². The number of pyridine rings is 1. The van der Waals surface area contributed by atoms with Crippen molar-refractivity contribution in [1.29, 1.82) is 0 Å². The average molecular weight is 648 g/mol. The summed E-state index contributed by atoms with van der Waals surface area (Å²) in [6.07, 6.45) is 0.941. The van der Waals surface area contributed by atoms with E-state index in [-0.39, 0.29) is 23.1 Å². The molecule has 2 aromatic heterocycles. The summed E-state index contributed by atoms with van der Waals surface area (Å²) < 4.78 is 72.1. The van der Waals surface area contributed by atoms with Crippen molar-refractivity contribution in [1.82, 2.24) is 28.7 Å². The lowest BCUT2D eigenvalue weighted by Crippen LogP contribution is -2.49. The molecule has 13 nitrogen and oxygen atoms in total. The van der Waals surface area contributed by atoms with Crippen LogP contribution in [0.4, 0.5) is 14.5 Å². The molecule has 16 heteroatoms. The second kappa shape index (κ2) is 11.3. The number of halogens is 2.